The molecule has 4 nitrogen and oxygen atoms in total. The van der Waals surface area contributed by atoms with E-state index in [1.165, 1.54) is 6.08 Å². The lowest BCUT2D eigenvalue weighted by Gasteiger charge is -2.13. The zero-order valence-electron chi connectivity index (χ0n) is 8.11. The maximum absolute atomic E-state index is 10.7. The first-order valence-corrected chi connectivity index (χ1v) is 5.04. The second-order valence-electron chi connectivity index (χ2n) is 3.17. The molecule has 0 aromatic heterocycles. The average molecular weight is 212 g/mol. The van der Waals surface area contributed by atoms with Crippen LogP contribution in [0.2, 0.25) is 0 Å². The number of hydrogen-bond acceptors (Lipinski definition) is 4. The van der Waals surface area contributed by atoms with Crippen LogP contribution in [-0.2, 0) is 0 Å². The third-order valence-corrected chi connectivity index (χ3v) is 2.71. The summed E-state index contributed by atoms with van der Waals surface area (Å²) >= 11 is 0.947. The van der Waals surface area contributed by atoms with Gasteiger partial charge in [-0.15, -0.1) is 0 Å². The van der Waals surface area contributed by atoms with Crippen molar-refractivity contribution in [3.63, 3.8) is 0 Å². The summed E-state index contributed by atoms with van der Waals surface area (Å²) in [6, 6.07) is 0. The van der Waals surface area contributed by atoms with Crippen LogP contribution >= 0.6 is 11.9 Å². The Morgan fingerprint density at radius 3 is 2.71 bits per heavy atom. The van der Waals surface area contributed by atoms with Crippen LogP contribution in [0.5, 0.6) is 0 Å². The van der Waals surface area contributed by atoms with Gasteiger partial charge >= 0.3 is 0 Å². The number of nitrogens with zero attached hydrogens (tertiary/aromatic N) is 1. The zero-order chi connectivity index (χ0) is 10.7. The third kappa shape index (κ3) is 2.05. The van der Waals surface area contributed by atoms with Crippen molar-refractivity contribution in [3.05, 3.63) is 44.0 Å². The Bertz CT molecular complexity index is 352. The molecule has 1 aliphatic carbocycles. The summed E-state index contributed by atoms with van der Waals surface area (Å²) in [5.41, 5.74) is 2.13. The van der Waals surface area contributed by atoms with Crippen LogP contribution in [0, 0.1) is 10.1 Å². The molecule has 0 amide bonds. The van der Waals surface area contributed by atoms with Gasteiger partial charge in [0.05, 0.1) is 4.92 Å². The fourth-order valence-corrected chi connectivity index (χ4v) is 2.01. The summed E-state index contributed by atoms with van der Waals surface area (Å²) in [6.07, 6.45) is 4.03. The summed E-state index contributed by atoms with van der Waals surface area (Å²) in [4.78, 5) is 10.9. The molecule has 0 atom stereocenters. The summed E-state index contributed by atoms with van der Waals surface area (Å²) in [5.74, 6) is 0. The molecule has 5 heteroatoms. The van der Waals surface area contributed by atoms with Crippen molar-refractivity contribution in [1.82, 2.24) is 0 Å². The third-order valence-electron chi connectivity index (χ3n) is 2.02. The second kappa shape index (κ2) is 4.43. The highest BCUT2D eigenvalue weighted by atomic mass is 32.2. The molecule has 1 rings (SSSR count). The molecule has 2 N–H and O–H groups in total. The van der Waals surface area contributed by atoms with Crippen LogP contribution in [-0.4, -0.2) is 4.92 Å². The Morgan fingerprint density at radius 1 is 1.64 bits per heavy atom. The van der Waals surface area contributed by atoms with E-state index in [-0.39, 0.29) is 5.70 Å². The number of rotatable bonds is 2. The van der Waals surface area contributed by atoms with Gasteiger partial charge in [0.1, 0.15) is 4.91 Å². The van der Waals surface area contributed by atoms with Crippen molar-refractivity contribution in [3.8, 4) is 0 Å². The van der Waals surface area contributed by atoms with Crippen molar-refractivity contribution < 1.29 is 4.92 Å². The predicted molar refractivity (Wildman–Crippen MR) is 57.9 cm³/mol. The van der Waals surface area contributed by atoms with Crippen molar-refractivity contribution in [2.45, 2.75) is 20.3 Å². The van der Waals surface area contributed by atoms with Gasteiger partial charge in [-0.05, 0) is 37.8 Å². The van der Waals surface area contributed by atoms with E-state index in [9.17, 15) is 10.1 Å². The molecule has 76 valence electrons. The molecule has 0 spiro atoms. The van der Waals surface area contributed by atoms with E-state index < -0.39 is 4.92 Å². The van der Waals surface area contributed by atoms with E-state index in [0.717, 1.165) is 29.5 Å². The molecule has 0 saturated heterocycles. The summed E-state index contributed by atoms with van der Waals surface area (Å²) in [7, 11) is 0. The number of hydrogen-bond donors (Lipinski definition) is 1. The molecule has 0 saturated carbocycles. The standard InChI is InChI=1S/C9H12N2O2S/c1-6(2)7-4-3-5-8(11(12)13)9(7)14-10/h3,5H,4,10H2,1-2H3. The minimum atomic E-state index is -0.395. The van der Waals surface area contributed by atoms with Gasteiger partial charge in [0, 0.05) is 6.08 Å². The molecule has 0 fully saturated rings. The van der Waals surface area contributed by atoms with Crippen molar-refractivity contribution in [2.24, 2.45) is 5.14 Å². The summed E-state index contributed by atoms with van der Waals surface area (Å²) in [5, 5.41) is 16.1. The normalized spacial score (nSPS) is 16.1. The molecular formula is C9H12N2O2S. The Kier molecular flexibility index (Phi) is 3.49. The molecule has 1 aliphatic rings. The van der Waals surface area contributed by atoms with E-state index >= 15 is 0 Å². The Balaban J connectivity index is 3.27. The zero-order valence-corrected chi connectivity index (χ0v) is 8.93. The fourth-order valence-electron chi connectivity index (χ4n) is 1.32. The van der Waals surface area contributed by atoms with E-state index in [2.05, 4.69) is 0 Å². The van der Waals surface area contributed by atoms with Crippen LogP contribution in [0.1, 0.15) is 20.3 Å². The first-order chi connectivity index (χ1) is 6.57. The Labute approximate surface area is 86.8 Å². The van der Waals surface area contributed by atoms with Crippen LogP contribution in [0.25, 0.3) is 0 Å². The van der Waals surface area contributed by atoms with Gasteiger partial charge in [-0.2, -0.15) is 0 Å². The topological polar surface area (TPSA) is 69.2 Å². The van der Waals surface area contributed by atoms with Gasteiger partial charge in [0.25, 0.3) is 5.70 Å². The largest absolute Gasteiger partial charge is 0.284 e. The predicted octanol–water partition coefficient (Wildman–Crippen LogP) is 2.38. The summed E-state index contributed by atoms with van der Waals surface area (Å²) in [6.45, 7) is 3.87. The van der Waals surface area contributed by atoms with Crippen LogP contribution in [0.3, 0.4) is 0 Å². The highest BCUT2D eigenvalue weighted by molar-refractivity contribution is 8.01. The average Bonchev–Trinajstić information content (AvgIpc) is 2.16. The molecule has 0 aromatic carbocycles. The Hall–Kier alpha value is -1.07. The highest BCUT2D eigenvalue weighted by Gasteiger charge is 2.22. The molecule has 0 unspecified atom stereocenters. The molecular weight excluding hydrogens is 200 g/mol. The molecule has 0 heterocycles. The minimum Gasteiger partial charge on any atom is -0.273 e. The van der Waals surface area contributed by atoms with Crippen molar-refractivity contribution in [2.75, 3.05) is 0 Å². The Morgan fingerprint density at radius 2 is 2.29 bits per heavy atom. The lowest BCUT2D eigenvalue weighted by molar-refractivity contribution is -0.419. The SMILES string of the molecule is CC(C)=C1CC=CC([N+](=O)[O-])=C1SN. The molecule has 0 radical (unpaired) electrons. The van der Waals surface area contributed by atoms with Crippen LogP contribution in [0.15, 0.2) is 33.9 Å². The van der Waals surface area contributed by atoms with Gasteiger partial charge in [0.2, 0.25) is 0 Å². The van der Waals surface area contributed by atoms with Crippen LogP contribution < -0.4 is 5.14 Å². The molecule has 0 aromatic rings. The highest BCUT2D eigenvalue weighted by Crippen LogP contribution is 2.32. The van der Waals surface area contributed by atoms with E-state index in [1.54, 1.807) is 6.08 Å². The maximum atomic E-state index is 10.7. The van der Waals surface area contributed by atoms with E-state index in [4.69, 9.17) is 5.14 Å². The van der Waals surface area contributed by atoms with E-state index in [0.29, 0.717) is 4.91 Å². The maximum Gasteiger partial charge on any atom is 0.284 e. The number of nitro groups is 1. The summed E-state index contributed by atoms with van der Waals surface area (Å²) < 4.78 is 0. The number of allylic oxidation sites excluding steroid dienone is 4. The molecule has 0 bridgehead atoms. The van der Waals surface area contributed by atoms with Crippen LogP contribution in [0.4, 0.5) is 0 Å². The van der Waals surface area contributed by atoms with Gasteiger partial charge in [0.15, 0.2) is 0 Å². The lowest BCUT2D eigenvalue weighted by Crippen LogP contribution is -2.07. The fraction of sp³-hybridized carbons (Fsp3) is 0.333. The second-order valence-corrected chi connectivity index (χ2v) is 3.82. The molecule has 0 aliphatic heterocycles. The minimum absolute atomic E-state index is 0.0972. The first kappa shape index (κ1) is 11.0. The smallest absolute Gasteiger partial charge is 0.273 e. The lowest BCUT2D eigenvalue weighted by atomic mass is 10.0. The van der Waals surface area contributed by atoms with Gasteiger partial charge in [-0.3, -0.25) is 15.3 Å². The molecule has 14 heavy (non-hydrogen) atoms. The van der Waals surface area contributed by atoms with Crippen molar-refractivity contribution in [1.29, 1.82) is 0 Å². The van der Waals surface area contributed by atoms with Gasteiger partial charge in [-0.1, -0.05) is 11.6 Å². The monoisotopic (exact) mass is 212 g/mol. The first-order valence-electron chi connectivity index (χ1n) is 4.16. The van der Waals surface area contributed by atoms with Crippen molar-refractivity contribution >= 4 is 11.9 Å². The van der Waals surface area contributed by atoms with E-state index in [1.807, 2.05) is 13.8 Å². The number of nitrogens with two attached hydrogens (primary N) is 1. The van der Waals surface area contributed by atoms with Gasteiger partial charge < -0.3 is 0 Å². The van der Waals surface area contributed by atoms with Gasteiger partial charge in [-0.25, -0.2) is 0 Å². The quantitative estimate of drug-likeness (QED) is 0.433.